The Bertz CT molecular complexity index is 270. The highest BCUT2D eigenvalue weighted by molar-refractivity contribution is 7.53. The van der Waals surface area contributed by atoms with Gasteiger partial charge in [0, 0.05) is 0 Å². The van der Waals surface area contributed by atoms with Gasteiger partial charge >= 0.3 is 19.5 Å². The van der Waals surface area contributed by atoms with Gasteiger partial charge in [-0.3, -0.25) is 14.2 Å². The first-order valence-corrected chi connectivity index (χ1v) is 4.62. The Hall–Kier alpha value is -0.950. The topological polar surface area (TPSA) is 158 Å². The zero-order valence-corrected chi connectivity index (χ0v) is 7.09. The monoisotopic (exact) mass is 213 g/mol. The molecule has 0 rings (SSSR count). The van der Waals surface area contributed by atoms with Crippen molar-refractivity contribution in [3.8, 4) is 0 Å². The molecule has 0 fully saturated rings. The summed E-state index contributed by atoms with van der Waals surface area (Å²) < 4.78 is 10.5. The molecule has 13 heavy (non-hydrogen) atoms. The molecule has 9 heteroatoms. The fourth-order valence-corrected chi connectivity index (χ4v) is 1.48. The molecule has 0 bridgehead atoms. The van der Waals surface area contributed by atoms with E-state index in [-0.39, 0.29) is 0 Å². The van der Waals surface area contributed by atoms with Crippen molar-refractivity contribution in [2.24, 2.45) is 5.73 Å². The second kappa shape index (κ2) is 3.84. The SMILES string of the molecule is NC(C(=O)O)C(C(=O)O)P(=O)(O)O. The van der Waals surface area contributed by atoms with Gasteiger partial charge in [0.15, 0.2) is 5.66 Å². The quantitative estimate of drug-likeness (QED) is 0.336. The molecule has 0 saturated heterocycles. The second-order valence-electron chi connectivity index (χ2n) is 2.24. The van der Waals surface area contributed by atoms with Crippen LogP contribution in [0.4, 0.5) is 0 Å². The van der Waals surface area contributed by atoms with E-state index in [1.165, 1.54) is 0 Å². The minimum Gasteiger partial charge on any atom is -0.480 e. The largest absolute Gasteiger partial charge is 0.480 e. The molecular formula is C4H8NO7P. The van der Waals surface area contributed by atoms with Crippen LogP contribution in [0.15, 0.2) is 0 Å². The molecule has 6 N–H and O–H groups in total. The third-order valence-electron chi connectivity index (χ3n) is 1.24. The predicted molar refractivity (Wildman–Crippen MR) is 39.1 cm³/mol. The van der Waals surface area contributed by atoms with Gasteiger partial charge in [0.2, 0.25) is 0 Å². The maximum absolute atomic E-state index is 10.5. The fourth-order valence-electron chi connectivity index (χ4n) is 0.642. The summed E-state index contributed by atoms with van der Waals surface area (Å²) >= 11 is 0. The van der Waals surface area contributed by atoms with E-state index in [9.17, 15) is 14.2 Å². The molecule has 0 saturated carbocycles. The van der Waals surface area contributed by atoms with Crippen LogP contribution >= 0.6 is 7.60 Å². The van der Waals surface area contributed by atoms with E-state index in [0.29, 0.717) is 0 Å². The Morgan fingerprint density at radius 2 is 1.54 bits per heavy atom. The van der Waals surface area contributed by atoms with Crippen LogP contribution in [-0.4, -0.2) is 43.6 Å². The van der Waals surface area contributed by atoms with Crippen LogP contribution in [0.5, 0.6) is 0 Å². The molecule has 76 valence electrons. The van der Waals surface area contributed by atoms with Crippen LogP contribution in [0, 0.1) is 0 Å². The van der Waals surface area contributed by atoms with Crippen LogP contribution in [0.2, 0.25) is 0 Å². The summed E-state index contributed by atoms with van der Waals surface area (Å²) in [7, 11) is -5.05. The fraction of sp³-hybridized carbons (Fsp3) is 0.500. The molecule has 0 aromatic rings. The second-order valence-corrected chi connectivity index (χ2v) is 3.97. The van der Waals surface area contributed by atoms with Gasteiger partial charge < -0.3 is 25.7 Å². The summed E-state index contributed by atoms with van der Waals surface area (Å²) in [5.74, 6) is -3.72. The number of aliphatic carboxylic acids is 2. The van der Waals surface area contributed by atoms with Gasteiger partial charge in [0.25, 0.3) is 0 Å². The van der Waals surface area contributed by atoms with E-state index >= 15 is 0 Å². The summed E-state index contributed by atoms with van der Waals surface area (Å²) in [5, 5.41) is 16.5. The minimum atomic E-state index is -5.05. The molecular weight excluding hydrogens is 205 g/mol. The smallest absolute Gasteiger partial charge is 0.342 e. The van der Waals surface area contributed by atoms with Crippen molar-refractivity contribution >= 4 is 19.5 Å². The number of carboxylic acids is 2. The molecule has 0 aliphatic carbocycles. The van der Waals surface area contributed by atoms with Gasteiger partial charge in [-0.2, -0.15) is 0 Å². The Balaban J connectivity index is 4.95. The van der Waals surface area contributed by atoms with Gasteiger partial charge in [-0.25, -0.2) is 0 Å². The molecule has 0 spiro atoms. The number of carbonyl (C=O) groups is 2. The molecule has 0 radical (unpaired) electrons. The molecule has 8 nitrogen and oxygen atoms in total. The third-order valence-corrected chi connectivity index (χ3v) is 2.51. The van der Waals surface area contributed by atoms with Crippen LogP contribution in [0.3, 0.4) is 0 Å². The average Bonchev–Trinajstić information content (AvgIpc) is 1.82. The average molecular weight is 213 g/mol. The van der Waals surface area contributed by atoms with Crippen LogP contribution in [0.25, 0.3) is 0 Å². The van der Waals surface area contributed by atoms with Gasteiger partial charge in [0.05, 0.1) is 0 Å². The number of rotatable bonds is 4. The highest BCUT2D eigenvalue weighted by Gasteiger charge is 2.44. The van der Waals surface area contributed by atoms with Crippen molar-refractivity contribution in [3.63, 3.8) is 0 Å². The van der Waals surface area contributed by atoms with E-state index in [2.05, 4.69) is 0 Å². The highest BCUT2D eigenvalue weighted by Crippen LogP contribution is 2.42. The standard InChI is InChI=1S/C4H8NO7P/c5-1(3(6)7)2(4(8)9)13(10,11)12/h1-2H,5H2,(H,6,7)(H,8,9)(H2,10,11,12). The molecule has 2 atom stereocenters. The lowest BCUT2D eigenvalue weighted by Gasteiger charge is -2.16. The lowest BCUT2D eigenvalue weighted by molar-refractivity contribution is -0.144. The molecule has 0 amide bonds. The van der Waals surface area contributed by atoms with Crippen molar-refractivity contribution in [2.75, 3.05) is 0 Å². The van der Waals surface area contributed by atoms with Crippen molar-refractivity contribution in [3.05, 3.63) is 0 Å². The maximum atomic E-state index is 10.5. The summed E-state index contributed by atoms with van der Waals surface area (Å²) in [5.41, 5.74) is 2.36. The van der Waals surface area contributed by atoms with E-state index in [1.54, 1.807) is 0 Å². The Morgan fingerprint density at radius 1 is 1.15 bits per heavy atom. The lowest BCUT2D eigenvalue weighted by Crippen LogP contribution is -2.45. The van der Waals surface area contributed by atoms with Gasteiger partial charge in [-0.1, -0.05) is 0 Å². The first-order chi connectivity index (χ1) is 5.68. The minimum absolute atomic E-state index is 1.78. The molecule has 0 aromatic heterocycles. The number of hydrogen-bond donors (Lipinski definition) is 5. The number of carboxylic acid groups (broad SMARTS) is 2. The Morgan fingerprint density at radius 3 is 1.62 bits per heavy atom. The summed E-state index contributed by atoms with van der Waals surface area (Å²) in [4.78, 5) is 37.3. The van der Waals surface area contributed by atoms with Crippen LogP contribution < -0.4 is 5.73 Å². The van der Waals surface area contributed by atoms with E-state index in [1.807, 2.05) is 0 Å². The van der Waals surface area contributed by atoms with Crippen LogP contribution in [0.1, 0.15) is 0 Å². The Kier molecular flexibility index (Phi) is 3.56. The van der Waals surface area contributed by atoms with E-state index in [0.717, 1.165) is 0 Å². The highest BCUT2D eigenvalue weighted by atomic mass is 31.2. The van der Waals surface area contributed by atoms with Crippen LogP contribution in [-0.2, 0) is 14.2 Å². The normalized spacial score (nSPS) is 16.2. The Labute approximate surface area is 72.1 Å². The lowest BCUT2D eigenvalue weighted by atomic mass is 10.2. The zero-order valence-electron chi connectivity index (χ0n) is 6.19. The summed E-state index contributed by atoms with van der Waals surface area (Å²) in [6, 6.07) is -2.13. The molecule has 0 aliphatic rings. The van der Waals surface area contributed by atoms with E-state index in [4.69, 9.17) is 25.7 Å². The van der Waals surface area contributed by atoms with Gasteiger partial charge in [0.1, 0.15) is 6.04 Å². The van der Waals surface area contributed by atoms with Crippen molar-refractivity contribution < 1.29 is 34.2 Å². The third kappa shape index (κ3) is 3.11. The van der Waals surface area contributed by atoms with Crippen molar-refractivity contribution in [1.29, 1.82) is 0 Å². The number of hydrogen-bond acceptors (Lipinski definition) is 4. The first kappa shape index (κ1) is 12.0. The van der Waals surface area contributed by atoms with Crippen molar-refractivity contribution in [1.82, 2.24) is 0 Å². The number of nitrogens with two attached hydrogens (primary N) is 1. The first-order valence-electron chi connectivity index (χ1n) is 2.94. The molecule has 0 heterocycles. The van der Waals surface area contributed by atoms with E-state index < -0.39 is 31.2 Å². The predicted octanol–water partition coefficient (Wildman–Crippen LogP) is -1.97. The van der Waals surface area contributed by atoms with Gasteiger partial charge in [-0.05, 0) is 0 Å². The maximum Gasteiger partial charge on any atom is 0.342 e. The molecule has 0 aromatic carbocycles. The van der Waals surface area contributed by atoms with Gasteiger partial charge in [-0.15, -0.1) is 0 Å². The summed E-state index contributed by atoms with van der Waals surface area (Å²) in [6.45, 7) is 0. The molecule has 2 unspecified atom stereocenters. The van der Waals surface area contributed by atoms with Crippen molar-refractivity contribution in [2.45, 2.75) is 11.7 Å². The zero-order chi connectivity index (χ0) is 10.8. The summed E-state index contributed by atoms with van der Waals surface area (Å²) in [6.07, 6.45) is 0. The molecule has 0 aliphatic heterocycles.